The largest absolute Gasteiger partial charge is 0.453 e. The van der Waals surface area contributed by atoms with Crippen LogP contribution in [0.2, 0.25) is 5.02 Å². The lowest BCUT2D eigenvalue weighted by molar-refractivity contribution is 0.187. The average Bonchev–Trinajstić information content (AvgIpc) is 2.28. The van der Waals surface area contributed by atoms with Crippen LogP contribution in [0.5, 0.6) is 0 Å². The molecule has 1 aromatic carbocycles. The lowest BCUT2D eigenvalue weighted by atomic mass is 10.2. The fraction of sp³-hybridized carbons (Fsp3) is 0.182. The highest BCUT2D eigenvalue weighted by atomic mass is 35.5. The van der Waals surface area contributed by atoms with Crippen molar-refractivity contribution in [2.45, 2.75) is 0 Å². The number of amides is 1. The van der Waals surface area contributed by atoms with Gasteiger partial charge in [0.2, 0.25) is 0 Å². The number of methoxy groups -OCH3 is 1. The van der Waals surface area contributed by atoms with Crippen LogP contribution in [-0.4, -0.2) is 19.7 Å². The molecule has 0 saturated heterocycles. The van der Waals surface area contributed by atoms with Crippen LogP contribution in [0.4, 0.5) is 10.5 Å². The van der Waals surface area contributed by atoms with Gasteiger partial charge in [-0.2, -0.15) is 0 Å². The summed E-state index contributed by atoms with van der Waals surface area (Å²) >= 11 is 5.81. The van der Waals surface area contributed by atoms with Crippen LogP contribution in [0, 0.1) is 11.8 Å². The first-order valence-electron chi connectivity index (χ1n) is 4.51. The molecule has 0 saturated carbocycles. The summed E-state index contributed by atoms with van der Waals surface area (Å²) in [6.45, 7) is 0.250. The Hall–Kier alpha value is -1.70. The molecule has 0 fully saturated rings. The molecule has 0 radical (unpaired) electrons. The Bertz CT molecular complexity index is 449. The molecule has 16 heavy (non-hydrogen) atoms. The molecule has 0 bridgehead atoms. The normalized spacial score (nSPS) is 8.94. The smallest absolute Gasteiger partial charge is 0.411 e. The predicted molar refractivity (Wildman–Crippen MR) is 63.4 cm³/mol. The van der Waals surface area contributed by atoms with Crippen molar-refractivity contribution in [3.05, 3.63) is 28.8 Å². The first-order valence-corrected chi connectivity index (χ1v) is 4.88. The number of halogens is 1. The van der Waals surface area contributed by atoms with Crippen molar-refractivity contribution in [2.24, 2.45) is 5.73 Å². The highest BCUT2D eigenvalue weighted by Crippen LogP contribution is 2.20. The van der Waals surface area contributed by atoms with Crippen molar-refractivity contribution in [2.75, 3.05) is 19.0 Å². The third-order valence-corrected chi connectivity index (χ3v) is 1.96. The number of ether oxygens (including phenoxy) is 1. The third-order valence-electron chi connectivity index (χ3n) is 1.73. The summed E-state index contributed by atoms with van der Waals surface area (Å²) in [6, 6.07) is 4.99. The van der Waals surface area contributed by atoms with Gasteiger partial charge in [0, 0.05) is 10.6 Å². The van der Waals surface area contributed by atoms with Gasteiger partial charge >= 0.3 is 6.09 Å². The molecule has 0 aliphatic carbocycles. The molecule has 84 valence electrons. The van der Waals surface area contributed by atoms with Crippen LogP contribution in [0.15, 0.2) is 18.2 Å². The molecule has 1 aromatic rings. The van der Waals surface area contributed by atoms with Gasteiger partial charge in [-0.3, -0.25) is 5.32 Å². The van der Waals surface area contributed by atoms with Gasteiger partial charge in [0.1, 0.15) is 0 Å². The van der Waals surface area contributed by atoms with E-state index in [1.807, 2.05) is 0 Å². The molecule has 5 heteroatoms. The number of hydrogen-bond acceptors (Lipinski definition) is 3. The van der Waals surface area contributed by atoms with E-state index in [1.165, 1.54) is 7.11 Å². The molecule has 0 aromatic heterocycles. The Morgan fingerprint density at radius 3 is 3.00 bits per heavy atom. The molecule has 0 aliphatic rings. The molecule has 1 amide bonds. The topological polar surface area (TPSA) is 64.3 Å². The zero-order chi connectivity index (χ0) is 12.0. The first kappa shape index (κ1) is 12.4. The summed E-state index contributed by atoms with van der Waals surface area (Å²) in [5.74, 6) is 5.52. The van der Waals surface area contributed by atoms with Crippen molar-refractivity contribution in [3.63, 3.8) is 0 Å². The van der Waals surface area contributed by atoms with Gasteiger partial charge in [-0.1, -0.05) is 23.4 Å². The fourth-order valence-electron chi connectivity index (χ4n) is 1.04. The van der Waals surface area contributed by atoms with E-state index in [9.17, 15) is 4.79 Å². The molecular weight excluding hydrogens is 228 g/mol. The average molecular weight is 239 g/mol. The Morgan fingerprint density at radius 2 is 2.38 bits per heavy atom. The van der Waals surface area contributed by atoms with E-state index in [2.05, 4.69) is 21.9 Å². The minimum absolute atomic E-state index is 0.250. The number of benzene rings is 1. The number of nitrogens with one attached hydrogen (secondary N) is 1. The standard InChI is InChI=1S/C11H11ClN2O2/c1-16-11(15)14-10-7-9(12)5-4-8(10)3-2-6-13/h4-5,7H,6,13H2,1H3,(H,14,15). The predicted octanol–water partition coefficient (Wildman–Crippen LogP) is 1.83. The highest BCUT2D eigenvalue weighted by molar-refractivity contribution is 6.31. The van der Waals surface area contributed by atoms with Crippen LogP contribution >= 0.6 is 11.6 Å². The van der Waals surface area contributed by atoms with Gasteiger partial charge in [0.15, 0.2) is 0 Å². The molecule has 0 aliphatic heterocycles. The maximum atomic E-state index is 11.1. The molecule has 0 atom stereocenters. The Morgan fingerprint density at radius 1 is 1.62 bits per heavy atom. The third kappa shape index (κ3) is 3.46. The quantitative estimate of drug-likeness (QED) is 0.734. The van der Waals surface area contributed by atoms with E-state index in [0.717, 1.165) is 0 Å². The second kappa shape index (κ2) is 6.01. The zero-order valence-electron chi connectivity index (χ0n) is 8.71. The van der Waals surface area contributed by atoms with Crippen molar-refractivity contribution in [1.82, 2.24) is 0 Å². The molecule has 0 spiro atoms. The summed E-state index contributed by atoms with van der Waals surface area (Å²) < 4.78 is 4.49. The number of carbonyl (C=O) groups excluding carboxylic acids is 1. The van der Waals surface area contributed by atoms with Gasteiger partial charge in [-0.15, -0.1) is 0 Å². The second-order valence-corrected chi connectivity index (χ2v) is 3.25. The number of carbonyl (C=O) groups is 1. The minimum Gasteiger partial charge on any atom is -0.453 e. The fourth-order valence-corrected chi connectivity index (χ4v) is 1.21. The minimum atomic E-state index is -0.571. The van der Waals surface area contributed by atoms with Gasteiger partial charge in [-0.05, 0) is 18.2 Å². The van der Waals surface area contributed by atoms with Crippen molar-refractivity contribution in [3.8, 4) is 11.8 Å². The maximum Gasteiger partial charge on any atom is 0.411 e. The Balaban J connectivity index is 3.03. The summed E-state index contributed by atoms with van der Waals surface area (Å²) in [5.41, 5.74) is 6.41. The molecular formula is C11H11ClN2O2. The Kier molecular flexibility index (Phi) is 4.65. The van der Waals surface area contributed by atoms with Crippen LogP contribution in [0.3, 0.4) is 0 Å². The van der Waals surface area contributed by atoms with E-state index in [1.54, 1.807) is 18.2 Å². The maximum absolute atomic E-state index is 11.1. The van der Waals surface area contributed by atoms with Gasteiger partial charge < -0.3 is 10.5 Å². The molecule has 0 heterocycles. The summed E-state index contributed by atoms with van der Waals surface area (Å²) in [4.78, 5) is 11.1. The monoisotopic (exact) mass is 238 g/mol. The number of anilines is 1. The zero-order valence-corrected chi connectivity index (χ0v) is 9.47. The van der Waals surface area contributed by atoms with Gasteiger partial charge in [0.05, 0.1) is 19.3 Å². The number of hydrogen-bond donors (Lipinski definition) is 2. The highest BCUT2D eigenvalue weighted by Gasteiger charge is 2.05. The summed E-state index contributed by atoms with van der Waals surface area (Å²) in [5, 5.41) is 3.03. The van der Waals surface area contributed by atoms with Crippen LogP contribution in [-0.2, 0) is 4.74 Å². The lowest BCUT2D eigenvalue weighted by Crippen LogP contribution is -2.12. The van der Waals surface area contributed by atoms with E-state index in [0.29, 0.717) is 16.3 Å². The number of nitrogens with two attached hydrogens (primary N) is 1. The molecule has 0 unspecified atom stereocenters. The second-order valence-electron chi connectivity index (χ2n) is 2.81. The van der Waals surface area contributed by atoms with Crippen LogP contribution in [0.1, 0.15) is 5.56 Å². The lowest BCUT2D eigenvalue weighted by Gasteiger charge is -2.06. The number of rotatable bonds is 1. The molecule has 4 nitrogen and oxygen atoms in total. The summed E-state index contributed by atoms with van der Waals surface area (Å²) in [7, 11) is 1.28. The van der Waals surface area contributed by atoms with Crippen molar-refractivity contribution < 1.29 is 9.53 Å². The molecule has 3 N–H and O–H groups in total. The van der Waals surface area contributed by atoms with Gasteiger partial charge in [0.25, 0.3) is 0 Å². The van der Waals surface area contributed by atoms with E-state index in [-0.39, 0.29) is 6.54 Å². The van der Waals surface area contributed by atoms with E-state index in [4.69, 9.17) is 17.3 Å². The van der Waals surface area contributed by atoms with E-state index >= 15 is 0 Å². The van der Waals surface area contributed by atoms with Crippen LogP contribution in [0.25, 0.3) is 0 Å². The SMILES string of the molecule is COC(=O)Nc1cc(Cl)ccc1C#CCN. The van der Waals surface area contributed by atoms with E-state index < -0.39 is 6.09 Å². The van der Waals surface area contributed by atoms with Gasteiger partial charge in [-0.25, -0.2) is 4.79 Å². The Labute approximate surface area is 98.7 Å². The van der Waals surface area contributed by atoms with Crippen LogP contribution < -0.4 is 11.1 Å². The van der Waals surface area contributed by atoms with Crippen molar-refractivity contribution in [1.29, 1.82) is 0 Å². The molecule has 1 rings (SSSR count). The first-order chi connectivity index (χ1) is 7.67. The summed E-state index contributed by atoms with van der Waals surface area (Å²) in [6.07, 6.45) is -0.571. The van der Waals surface area contributed by atoms with Crippen molar-refractivity contribution >= 4 is 23.4 Å².